The van der Waals surface area contributed by atoms with E-state index < -0.39 is 10.0 Å². The first-order valence-electron chi connectivity index (χ1n) is 7.44. The number of terminal acetylenes is 1. The highest BCUT2D eigenvalue weighted by Gasteiger charge is 2.31. The molecule has 0 aromatic carbocycles. The molecular formula is C15H21N3O2S. The molecule has 2 saturated carbocycles. The van der Waals surface area contributed by atoms with E-state index in [-0.39, 0.29) is 6.54 Å². The van der Waals surface area contributed by atoms with Crippen LogP contribution in [0.4, 0.5) is 0 Å². The van der Waals surface area contributed by atoms with Gasteiger partial charge in [0.25, 0.3) is 0 Å². The Balaban J connectivity index is 1.70. The topological polar surface area (TPSA) is 65.2 Å². The molecule has 0 amide bonds. The fourth-order valence-electron chi connectivity index (χ4n) is 2.30. The van der Waals surface area contributed by atoms with E-state index in [1.54, 1.807) is 12.3 Å². The van der Waals surface area contributed by atoms with E-state index in [2.05, 4.69) is 16.2 Å². The Morgan fingerprint density at radius 3 is 2.76 bits per heavy atom. The van der Waals surface area contributed by atoms with Crippen molar-refractivity contribution in [2.45, 2.75) is 43.2 Å². The van der Waals surface area contributed by atoms with Gasteiger partial charge in [0.05, 0.1) is 11.4 Å². The average Bonchev–Trinajstić information content (AvgIpc) is 3.37. The molecule has 0 saturated heterocycles. The lowest BCUT2D eigenvalue weighted by Gasteiger charge is -2.18. The molecule has 2 aliphatic rings. The standard InChI is InChI=1S/C15H21N3O2S/c1-2-7-18(11-12-3-4-12)21(19,20)15-8-14(17-10-15)9-16-13-5-6-13/h1,8,10,12-13,16-17H,3-7,9,11H2. The molecule has 0 spiro atoms. The van der Waals surface area contributed by atoms with E-state index in [0.29, 0.717) is 29.9 Å². The molecule has 3 rings (SSSR count). The minimum Gasteiger partial charge on any atom is -0.363 e. The zero-order valence-electron chi connectivity index (χ0n) is 12.0. The smallest absolute Gasteiger partial charge is 0.245 e. The maximum atomic E-state index is 12.6. The zero-order chi connectivity index (χ0) is 14.9. The molecule has 5 nitrogen and oxygen atoms in total. The van der Waals surface area contributed by atoms with Gasteiger partial charge in [0.2, 0.25) is 10.0 Å². The van der Waals surface area contributed by atoms with E-state index in [4.69, 9.17) is 6.42 Å². The van der Waals surface area contributed by atoms with Gasteiger partial charge in [-0.15, -0.1) is 6.42 Å². The Labute approximate surface area is 126 Å². The van der Waals surface area contributed by atoms with Crippen LogP contribution in [-0.2, 0) is 16.6 Å². The van der Waals surface area contributed by atoms with E-state index >= 15 is 0 Å². The average molecular weight is 307 g/mol. The number of rotatable bonds is 8. The van der Waals surface area contributed by atoms with Gasteiger partial charge in [0.1, 0.15) is 0 Å². The van der Waals surface area contributed by atoms with Crippen LogP contribution in [0.25, 0.3) is 0 Å². The van der Waals surface area contributed by atoms with Gasteiger partial charge < -0.3 is 10.3 Å². The number of hydrogen-bond acceptors (Lipinski definition) is 3. The van der Waals surface area contributed by atoms with Crippen LogP contribution in [0.3, 0.4) is 0 Å². The monoisotopic (exact) mass is 307 g/mol. The molecule has 21 heavy (non-hydrogen) atoms. The molecule has 0 bridgehead atoms. The molecule has 1 aromatic heterocycles. The van der Waals surface area contributed by atoms with Crippen molar-refractivity contribution >= 4 is 10.0 Å². The summed E-state index contributed by atoms with van der Waals surface area (Å²) < 4.78 is 26.7. The molecule has 1 aromatic rings. The second kappa shape index (κ2) is 5.84. The summed E-state index contributed by atoms with van der Waals surface area (Å²) in [7, 11) is -3.49. The Morgan fingerprint density at radius 1 is 1.38 bits per heavy atom. The lowest BCUT2D eigenvalue weighted by molar-refractivity contribution is 0.430. The highest BCUT2D eigenvalue weighted by molar-refractivity contribution is 7.89. The van der Waals surface area contributed by atoms with Gasteiger partial charge in [0.15, 0.2) is 0 Å². The summed E-state index contributed by atoms with van der Waals surface area (Å²) in [5.74, 6) is 2.93. The van der Waals surface area contributed by atoms with E-state index in [1.807, 2.05) is 0 Å². The summed E-state index contributed by atoms with van der Waals surface area (Å²) in [6.45, 7) is 1.35. The summed E-state index contributed by atoms with van der Waals surface area (Å²) >= 11 is 0. The van der Waals surface area contributed by atoms with Crippen LogP contribution in [0.15, 0.2) is 17.2 Å². The third-order valence-corrected chi connectivity index (χ3v) is 5.73. The van der Waals surface area contributed by atoms with Gasteiger partial charge >= 0.3 is 0 Å². The Hall–Kier alpha value is -1.29. The molecule has 1 heterocycles. The molecule has 2 fully saturated rings. The van der Waals surface area contributed by atoms with Crippen LogP contribution >= 0.6 is 0 Å². The maximum Gasteiger partial charge on any atom is 0.245 e. The number of aromatic nitrogens is 1. The van der Waals surface area contributed by atoms with Gasteiger partial charge in [-0.05, 0) is 37.7 Å². The fraction of sp³-hybridized carbons (Fsp3) is 0.600. The van der Waals surface area contributed by atoms with Crippen molar-refractivity contribution in [2.75, 3.05) is 13.1 Å². The maximum absolute atomic E-state index is 12.6. The van der Waals surface area contributed by atoms with Crippen LogP contribution in [0.5, 0.6) is 0 Å². The van der Waals surface area contributed by atoms with Gasteiger partial charge in [-0.1, -0.05) is 5.92 Å². The molecular weight excluding hydrogens is 286 g/mol. The summed E-state index contributed by atoms with van der Waals surface area (Å²) in [5, 5.41) is 3.36. The van der Waals surface area contributed by atoms with Gasteiger partial charge in [-0.25, -0.2) is 8.42 Å². The van der Waals surface area contributed by atoms with Crippen LogP contribution in [0.2, 0.25) is 0 Å². The molecule has 0 atom stereocenters. The normalized spacial score (nSPS) is 18.9. The van der Waals surface area contributed by atoms with Crippen molar-refractivity contribution in [3.05, 3.63) is 18.0 Å². The number of aromatic amines is 1. The third-order valence-electron chi connectivity index (χ3n) is 3.94. The molecule has 2 aliphatic carbocycles. The largest absolute Gasteiger partial charge is 0.363 e. The molecule has 0 unspecified atom stereocenters. The van der Waals surface area contributed by atoms with Crippen molar-refractivity contribution in [3.8, 4) is 12.3 Å². The van der Waals surface area contributed by atoms with Crippen LogP contribution in [0.1, 0.15) is 31.4 Å². The zero-order valence-corrected chi connectivity index (χ0v) is 12.8. The molecule has 0 aliphatic heterocycles. The van der Waals surface area contributed by atoms with Gasteiger partial charge in [-0.2, -0.15) is 4.31 Å². The first-order valence-corrected chi connectivity index (χ1v) is 8.88. The minimum atomic E-state index is -3.49. The summed E-state index contributed by atoms with van der Waals surface area (Å²) in [4.78, 5) is 3.35. The predicted octanol–water partition coefficient (Wildman–Crippen LogP) is 1.30. The highest BCUT2D eigenvalue weighted by atomic mass is 32.2. The van der Waals surface area contributed by atoms with Crippen molar-refractivity contribution in [1.82, 2.24) is 14.6 Å². The number of nitrogens with zero attached hydrogens (tertiary/aromatic N) is 1. The fourth-order valence-corrected chi connectivity index (χ4v) is 3.75. The number of sulfonamides is 1. The highest BCUT2D eigenvalue weighted by Crippen LogP contribution is 2.31. The van der Waals surface area contributed by atoms with Crippen LogP contribution in [0, 0.1) is 18.3 Å². The Kier molecular flexibility index (Phi) is 4.07. The van der Waals surface area contributed by atoms with Crippen molar-refractivity contribution in [2.24, 2.45) is 5.92 Å². The van der Waals surface area contributed by atoms with Crippen molar-refractivity contribution in [1.29, 1.82) is 0 Å². The van der Waals surface area contributed by atoms with E-state index in [0.717, 1.165) is 18.5 Å². The molecule has 114 valence electrons. The lowest BCUT2D eigenvalue weighted by atomic mass is 10.4. The van der Waals surface area contributed by atoms with Gasteiger partial charge in [0, 0.05) is 31.0 Å². The number of nitrogens with one attached hydrogen (secondary N) is 2. The van der Waals surface area contributed by atoms with Gasteiger partial charge in [-0.3, -0.25) is 0 Å². The molecule has 2 N–H and O–H groups in total. The number of hydrogen-bond donors (Lipinski definition) is 2. The Morgan fingerprint density at radius 2 is 2.14 bits per heavy atom. The first-order chi connectivity index (χ1) is 10.1. The summed E-state index contributed by atoms with van der Waals surface area (Å²) in [6.07, 6.45) is 11.5. The summed E-state index contributed by atoms with van der Waals surface area (Å²) in [5.41, 5.74) is 0.896. The van der Waals surface area contributed by atoms with Crippen molar-refractivity contribution < 1.29 is 8.42 Å². The summed E-state index contributed by atoms with van der Waals surface area (Å²) in [6, 6.07) is 2.31. The Bertz CT molecular complexity index is 636. The number of H-pyrrole nitrogens is 1. The quantitative estimate of drug-likeness (QED) is 0.712. The third kappa shape index (κ3) is 3.67. The van der Waals surface area contributed by atoms with E-state index in [9.17, 15) is 8.42 Å². The van der Waals surface area contributed by atoms with Crippen LogP contribution in [-0.4, -0.2) is 36.8 Å². The van der Waals surface area contributed by atoms with Crippen LogP contribution < -0.4 is 5.32 Å². The van der Waals surface area contributed by atoms with E-state index in [1.165, 1.54) is 17.1 Å². The molecule has 6 heteroatoms. The lowest BCUT2D eigenvalue weighted by Crippen LogP contribution is -2.33. The predicted molar refractivity (Wildman–Crippen MR) is 81.0 cm³/mol. The van der Waals surface area contributed by atoms with Crippen molar-refractivity contribution in [3.63, 3.8) is 0 Å². The second-order valence-electron chi connectivity index (χ2n) is 5.96. The first kappa shape index (κ1) is 14.6. The minimum absolute atomic E-state index is 0.139. The molecule has 0 radical (unpaired) electrons. The second-order valence-corrected chi connectivity index (χ2v) is 7.90. The SMILES string of the molecule is C#CCN(CC1CC1)S(=O)(=O)c1c[nH]c(CNC2CC2)c1.